The number of aromatic nitrogens is 1. The van der Waals surface area contributed by atoms with Gasteiger partial charge >= 0.3 is 0 Å². The van der Waals surface area contributed by atoms with Gasteiger partial charge in [0.2, 0.25) is 0 Å². The summed E-state index contributed by atoms with van der Waals surface area (Å²) in [4.78, 5) is 4.24. The van der Waals surface area contributed by atoms with Crippen molar-refractivity contribution >= 4 is 34.6 Å². The zero-order valence-electron chi connectivity index (χ0n) is 18.7. The summed E-state index contributed by atoms with van der Waals surface area (Å²) in [5.41, 5.74) is 16.9. The predicted molar refractivity (Wildman–Crippen MR) is 140 cm³/mol. The van der Waals surface area contributed by atoms with E-state index in [4.69, 9.17) is 23.1 Å². The van der Waals surface area contributed by atoms with E-state index in [0.29, 0.717) is 22.2 Å². The van der Waals surface area contributed by atoms with Crippen molar-refractivity contribution in [2.45, 2.75) is 18.9 Å². The molecule has 5 N–H and O–H groups in total. The van der Waals surface area contributed by atoms with Crippen LogP contribution in [0.5, 0.6) is 0 Å². The molecule has 1 atom stereocenters. The topological polar surface area (TPSA) is 102 Å². The van der Waals surface area contributed by atoms with Crippen molar-refractivity contribution < 1.29 is 0 Å². The van der Waals surface area contributed by atoms with Crippen LogP contribution in [0.3, 0.4) is 0 Å². The van der Waals surface area contributed by atoms with Gasteiger partial charge < -0.3 is 16.8 Å². The molecule has 34 heavy (non-hydrogen) atoms. The Bertz CT molecular complexity index is 1230. The van der Waals surface area contributed by atoms with Crippen LogP contribution in [0.25, 0.3) is 0 Å². The Balaban J connectivity index is 1.62. The number of hydrogen-bond donors (Lipinski definition) is 3. The van der Waals surface area contributed by atoms with Crippen molar-refractivity contribution in [1.82, 2.24) is 10.3 Å². The van der Waals surface area contributed by atoms with Crippen molar-refractivity contribution in [3.05, 3.63) is 113 Å². The van der Waals surface area contributed by atoms with Gasteiger partial charge in [0, 0.05) is 17.5 Å². The van der Waals surface area contributed by atoms with Crippen LogP contribution in [0, 0.1) is 0 Å². The van der Waals surface area contributed by atoms with Gasteiger partial charge in [0.1, 0.15) is 11.5 Å². The highest BCUT2D eigenvalue weighted by Crippen LogP contribution is 2.39. The van der Waals surface area contributed by atoms with Crippen LogP contribution in [0.4, 0.5) is 23.0 Å². The Hall–Kier alpha value is -3.74. The lowest BCUT2D eigenvalue weighted by atomic mass is 9.87. The molecule has 1 heterocycles. The molecule has 3 aromatic carbocycles. The average molecular weight is 471 g/mol. The largest absolute Gasteiger partial charge is 0.384 e. The lowest BCUT2D eigenvalue weighted by Gasteiger charge is -2.21. The van der Waals surface area contributed by atoms with Crippen LogP contribution in [0.15, 0.2) is 101 Å². The van der Waals surface area contributed by atoms with E-state index in [1.807, 2.05) is 42.5 Å². The molecule has 172 valence electrons. The number of halogens is 1. The first-order chi connectivity index (χ1) is 16.6. The second kappa shape index (κ2) is 11.4. The smallest absolute Gasteiger partial charge is 0.154 e. The van der Waals surface area contributed by atoms with Crippen molar-refractivity contribution in [2.24, 2.45) is 10.2 Å². The molecule has 0 bridgehead atoms. The van der Waals surface area contributed by atoms with E-state index in [2.05, 4.69) is 44.8 Å². The SMILES string of the molecule is Nc1cc(C(CCNCc2ccccc2)c2ccccc2)c(/N=N/c2ccc(Cl)cc2)c(N)n1. The molecule has 0 spiro atoms. The Morgan fingerprint density at radius 2 is 1.53 bits per heavy atom. The summed E-state index contributed by atoms with van der Waals surface area (Å²) in [7, 11) is 0. The zero-order chi connectivity index (χ0) is 23.8. The van der Waals surface area contributed by atoms with E-state index in [0.717, 1.165) is 30.6 Å². The molecule has 7 heteroatoms. The quantitative estimate of drug-likeness (QED) is 0.189. The number of nitrogens with two attached hydrogens (primary N) is 2. The first kappa shape index (κ1) is 23.4. The molecular formula is C27H27ClN6. The number of hydrogen-bond acceptors (Lipinski definition) is 6. The van der Waals surface area contributed by atoms with E-state index >= 15 is 0 Å². The molecular weight excluding hydrogens is 444 g/mol. The third-order valence-electron chi connectivity index (χ3n) is 5.52. The fraction of sp³-hybridized carbons (Fsp3) is 0.148. The number of nitrogen functional groups attached to an aromatic ring is 2. The number of benzene rings is 3. The van der Waals surface area contributed by atoms with E-state index in [1.54, 1.807) is 24.3 Å². The van der Waals surface area contributed by atoms with Gasteiger partial charge in [-0.2, -0.15) is 5.11 Å². The minimum Gasteiger partial charge on any atom is -0.384 e. The van der Waals surface area contributed by atoms with Crippen LogP contribution >= 0.6 is 11.6 Å². The molecule has 1 unspecified atom stereocenters. The Labute approximate surface area is 204 Å². The highest BCUT2D eigenvalue weighted by atomic mass is 35.5. The van der Waals surface area contributed by atoms with Crippen LogP contribution in [-0.2, 0) is 6.54 Å². The van der Waals surface area contributed by atoms with Crippen molar-refractivity contribution in [3.8, 4) is 0 Å². The number of nitrogens with one attached hydrogen (secondary N) is 1. The molecule has 0 saturated carbocycles. The summed E-state index contributed by atoms with van der Waals surface area (Å²) in [5, 5.41) is 13.0. The third kappa shape index (κ3) is 6.19. The lowest BCUT2D eigenvalue weighted by Crippen LogP contribution is -2.18. The molecule has 1 aromatic heterocycles. The minimum atomic E-state index is 0.0104. The molecule has 0 saturated heterocycles. The van der Waals surface area contributed by atoms with E-state index in [1.165, 1.54) is 5.56 Å². The number of anilines is 2. The fourth-order valence-corrected chi connectivity index (χ4v) is 3.98. The van der Waals surface area contributed by atoms with Crippen LogP contribution in [-0.4, -0.2) is 11.5 Å². The van der Waals surface area contributed by atoms with Gasteiger partial charge in [-0.15, -0.1) is 5.11 Å². The Kier molecular flexibility index (Phi) is 7.86. The van der Waals surface area contributed by atoms with Crippen LogP contribution < -0.4 is 16.8 Å². The summed E-state index contributed by atoms with van der Waals surface area (Å²) >= 11 is 5.98. The molecule has 0 amide bonds. The summed E-state index contributed by atoms with van der Waals surface area (Å²) < 4.78 is 0. The van der Waals surface area contributed by atoms with Crippen LogP contribution in [0.1, 0.15) is 29.0 Å². The van der Waals surface area contributed by atoms with Crippen molar-refractivity contribution in [2.75, 3.05) is 18.0 Å². The Morgan fingerprint density at radius 1 is 0.853 bits per heavy atom. The highest BCUT2D eigenvalue weighted by molar-refractivity contribution is 6.30. The number of azo groups is 1. The van der Waals surface area contributed by atoms with Gasteiger partial charge in [0.25, 0.3) is 0 Å². The number of pyridine rings is 1. The lowest BCUT2D eigenvalue weighted by molar-refractivity contribution is 0.611. The molecule has 6 nitrogen and oxygen atoms in total. The summed E-state index contributed by atoms with van der Waals surface area (Å²) in [6.07, 6.45) is 0.823. The van der Waals surface area contributed by atoms with E-state index in [9.17, 15) is 0 Å². The maximum atomic E-state index is 6.28. The maximum Gasteiger partial charge on any atom is 0.154 e. The van der Waals surface area contributed by atoms with Crippen molar-refractivity contribution in [1.29, 1.82) is 0 Å². The second-order valence-corrected chi connectivity index (χ2v) is 8.40. The molecule has 0 aliphatic heterocycles. The number of rotatable bonds is 9. The highest BCUT2D eigenvalue weighted by Gasteiger charge is 2.21. The van der Waals surface area contributed by atoms with Gasteiger partial charge in [0.05, 0.1) is 5.69 Å². The normalized spacial score (nSPS) is 12.1. The van der Waals surface area contributed by atoms with Gasteiger partial charge in [-0.3, -0.25) is 0 Å². The van der Waals surface area contributed by atoms with Crippen molar-refractivity contribution in [3.63, 3.8) is 0 Å². The van der Waals surface area contributed by atoms with Gasteiger partial charge in [-0.05, 0) is 60.0 Å². The van der Waals surface area contributed by atoms with Gasteiger partial charge in [-0.1, -0.05) is 72.3 Å². The molecule has 0 aliphatic carbocycles. The summed E-state index contributed by atoms with van der Waals surface area (Å²) in [5.74, 6) is 0.623. The fourth-order valence-electron chi connectivity index (χ4n) is 3.85. The standard InChI is InChI=1S/C27H27ClN6/c28-21-11-13-22(14-12-21)33-34-26-24(17-25(29)32-27(26)30)23(20-9-5-2-6-10-20)15-16-31-18-19-7-3-1-4-8-19/h1-14,17,23,31H,15-16,18H2,(H4,29,30,32)/b34-33+. The zero-order valence-corrected chi connectivity index (χ0v) is 19.5. The predicted octanol–water partition coefficient (Wildman–Crippen LogP) is 6.63. The van der Waals surface area contributed by atoms with Gasteiger partial charge in [0.15, 0.2) is 5.82 Å². The molecule has 0 radical (unpaired) electrons. The molecule has 0 aliphatic rings. The second-order valence-electron chi connectivity index (χ2n) is 7.96. The number of nitrogens with zero attached hydrogens (tertiary/aromatic N) is 3. The van der Waals surface area contributed by atoms with E-state index in [-0.39, 0.29) is 11.7 Å². The molecule has 4 rings (SSSR count). The first-order valence-electron chi connectivity index (χ1n) is 11.1. The average Bonchev–Trinajstić information content (AvgIpc) is 2.85. The summed E-state index contributed by atoms with van der Waals surface area (Å²) in [6, 6.07) is 29.6. The van der Waals surface area contributed by atoms with Crippen LogP contribution in [0.2, 0.25) is 5.02 Å². The minimum absolute atomic E-state index is 0.0104. The first-order valence-corrected chi connectivity index (χ1v) is 11.5. The third-order valence-corrected chi connectivity index (χ3v) is 5.77. The summed E-state index contributed by atoms with van der Waals surface area (Å²) in [6.45, 7) is 1.59. The molecule has 0 fully saturated rings. The Morgan fingerprint density at radius 3 is 2.24 bits per heavy atom. The van der Waals surface area contributed by atoms with E-state index < -0.39 is 0 Å². The molecule has 4 aromatic rings. The van der Waals surface area contributed by atoms with Gasteiger partial charge in [-0.25, -0.2) is 4.98 Å². The maximum absolute atomic E-state index is 6.28. The monoisotopic (exact) mass is 470 g/mol.